The van der Waals surface area contributed by atoms with E-state index in [0.717, 1.165) is 0 Å². The number of β-amino-alcohol motifs (C(OH)–C–C–N with tert-alkyl or cyclic N) is 1. The third-order valence-electron chi connectivity index (χ3n) is 1.15. The summed E-state index contributed by atoms with van der Waals surface area (Å²) >= 11 is 0. The Morgan fingerprint density at radius 3 is 2.45 bits per heavy atom. The molecule has 0 saturated carbocycles. The van der Waals surface area contributed by atoms with Crippen molar-refractivity contribution in [3.05, 3.63) is 4.91 Å². The van der Waals surface area contributed by atoms with Crippen molar-refractivity contribution in [2.24, 2.45) is 5.18 Å². The Bertz CT molecular complexity index is 120. The van der Waals surface area contributed by atoms with E-state index in [1.807, 2.05) is 20.8 Å². The van der Waals surface area contributed by atoms with Gasteiger partial charge in [-0.3, -0.25) is 0 Å². The van der Waals surface area contributed by atoms with E-state index >= 15 is 0 Å². The topological polar surface area (TPSA) is 61.7 Å². The lowest BCUT2D eigenvalue weighted by atomic mass is 10.1. The molecular formula is C7H16N2O2. The standard InChI is InChI=1S/C7H16N2O2/c1-7(2,3)8-4-6(10)5-9-11/h6,8,10H,4-5H2,1-3H3. The molecule has 0 aliphatic rings. The molecule has 4 nitrogen and oxygen atoms in total. The zero-order valence-electron chi connectivity index (χ0n) is 7.29. The van der Waals surface area contributed by atoms with E-state index in [9.17, 15) is 4.91 Å². The van der Waals surface area contributed by atoms with Crippen LogP contribution in [0.25, 0.3) is 0 Å². The van der Waals surface area contributed by atoms with Crippen LogP contribution in [0.4, 0.5) is 0 Å². The molecule has 1 unspecified atom stereocenters. The van der Waals surface area contributed by atoms with Gasteiger partial charge in [0.15, 0.2) is 0 Å². The lowest BCUT2D eigenvalue weighted by Gasteiger charge is -2.21. The zero-order valence-corrected chi connectivity index (χ0v) is 7.29. The van der Waals surface area contributed by atoms with Crippen LogP contribution in [0.2, 0.25) is 0 Å². The van der Waals surface area contributed by atoms with E-state index < -0.39 is 6.10 Å². The first-order valence-electron chi connectivity index (χ1n) is 3.68. The normalized spacial score (nSPS) is 14.5. The fourth-order valence-electron chi connectivity index (χ4n) is 0.575. The Morgan fingerprint density at radius 2 is 2.09 bits per heavy atom. The van der Waals surface area contributed by atoms with Gasteiger partial charge < -0.3 is 10.4 Å². The van der Waals surface area contributed by atoms with Gasteiger partial charge in [0.05, 0.1) is 6.10 Å². The van der Waals surface area contributed by atoms with Crippen LogP contribution in [0.15, 0.2) is 5.18 Å². The first-order valence-corrected chi connectivity index (χ1v) is 3.68. The van der Waals surface area contributed by atoms with Crippen molar-refractivity contribution >= 4 is 0 Å². The number of aliphatic hydroxyl groups is 1. The summed E-state index contributed by atoms with van der Waals surface area (Å²) in [6.45, 7) is 6.36. The number of hydrogen-bond donors (Lipinski definition) is 2. The summed E-state index contributed by atoms with van der Waals surface area (Å²) in [6, 6.07) is 0. The number of nitrogens with zero attached hydrogens (tertiary/aromatic N) is 1. The highest BCUT2D eigenvalue weighted by Crippen LogP contribution is 1.98. The van der Waals surface area contributed by atoms with Gasteiger partial charge in [0, 0.05) is 12.1 Å². The van der Waals surface area contributed by atoms with Crippen LogP contribution in [-0.2, 0) is 0 Å². The predicted octanol–water partition coefficient (Wildman–Crippen LogP) is 0.502. The largest absolute Gasteiger partial charge is 0.390 e. The summed E-state index contributed by atoms with van der Waals surface area (Å²) in [4.78, 5) is 9.70. The van der Waals surface area contributed by atoms with Gasteiger partial charge in [-0.05, 0) is 20.8 Å². The second-order valence-electron chi connectivity index (χ2n) is 3.60. The first kappa shape index (κ1) is 10.5. The van der Waals surface area contributed by atoms with Crippen molar-refractivity contribution in [1.82, 2.24) is 5.32 Å². The smallest absolute Gasteiger partial charge is 0.108 e. The van der Waals surface area contributed by atoms with Crippen LogP contribution in [-0.4, -0.2) is 29.8 Å². The van der Waals surface area contributed by atoms with Crippen molar-refractivity contribution in [3.8, 4) is 0 Å². The molecule has 66 valence electrons. The third kappa shape index (κ3) is 7.42. The molecule has 0 aliphatic carbocycles. The van der Waals surface area contributed by atoms with Gasteiger partial charge in [-0.25, -0.2) is 0 Å². The number of nitroso groups, excluding NO2 is 1. The Morgan fingerprint density at radius 1 is 1.55 bits per heavy atom. The summed E-state index contributed by atoms with van der Waals surface area (Å²) < 4.78 is 0. The van der Waals surface area contributed by atoms with Gasteiger partial charge in [-0.1, -0.05) is 5.18 Å². The minimum atomic E-state index is -0.660. The average Bonchev–Trinajstić information content (AvgIpc) is 1.83. The summed E-state index contributed by atoms with van der Waals surface area (Å²) in [5, 5.41) is 14.7. The van der Waals surface area contributed by atoms with E-state index in [1.165, 1.54) is 0 Å². The number of nitrogens with one attached hydrogen (secondary N) is 1. The Balaban J connectivity index is 3.45. The van der Waals surface area contributed by atoms with Crippen molar-refractivity contribution in [2.45, 2.75) is 32.4 Å². The van der Waals surface area contributed by atoms with E-state index in [2.05, 4.69) is 10.5 Å². The maximum absolute atomic E-state index is 9.70. The fourth-order valence-corrected chi connectivity index (χ4v) is 0.575. The molecule has 0 aromatic heterocycles. The molecule has 0 saturated heterocycles. The average molecular weight is 160 g/mol. The maximum Gasteiger partial charge on any atom is 0.108 e. The van der Waals surface area contributed by atoms with Gasteiger partial charge in [0.1, 0.15) is 6.54 Å². The Kier molecular flexibility index (Phi) is 4.22. The highest BCUT2D eigenvalue weighted by atomic mass is 16.3. The molecule has 0 rings (SSSR count). The van der Waals surface area contributed by atoms with E-state index in [1.54, 1.807) is 0 Å². The molecule has 1 atom stereocenters. The first-order chi connectivity index (χ1) is 4.95. The minimum absolute atomic E-state index is 0.0239. The molecule has 0 aliphatic heterocycles. The fraction of sp³-hybridized carbons (Fsp3) is 1.00. The molecule has 0 aromatic rings. The molecular weight excluding hydrogens is 144 g/mol. The molecule has 2 N–H and O–H groups in total. The molecule has 11 heavy (non-hydrogen) atoms. The monoisotopic (exact) mass is 160 g/mol. The second-order valence-corrected chi connectivity index (χ2v) is 3.60. The Labute approximate surface area is 67.0 Å². The van der Waals surface area contributed by atoms with E-state index in [0.29, 0.717) is 6.54 Å². The number of rotatable bonds is 4. The molecule has 0 fully saturated rings. The maximum atomic E-state index is 9.70. The van der Waals surface area contributed by atoms with Gasteiger partial charge in [-0.2, -0.15) is 4.91 Å². The predicted molar refractivity (Wildman–Crippen MR) is 44.4 cm³/mol. The highest BCUT2D eigenvalue weighted by Gasteiger charge is 2.11. The van der Waals surface area contributed by atoms with Crippen molar-refractivity contribution in [3.63, 3.8) is 0 Å². The minimum Gasteiger partial charge on any atom is -0.390 e. The highest BCUT2D eigenvalue weighted by molar-refractivity contribution is 4.73. The Hall–Kier alpha value is -0.480. The molecule has 0 amide bonds. The van der Waals surface area contributed by atoms with Crippen LogP contribution in [0.3, 0.4) is 0 Å². The molecule has 4 heteroatoms. The van der Waals surface area contributed by atoms with Crippen molar-refractivity contribution < 1.29 is 5.11 Å². The molecule has 0 aromatic carbocycles. The van der Waals surface area contributed by atoms with Crippen LogP contribution >= 0.6 is 0 Å². The summed E-state index contributed by atoms with van der Waals surface area (Å²) in [7, 11) is 0. The van der Waals surface area contributed by atoms with Crippen LogP contribution in [0.1, 0.15) is 20.8 Å². The number of hydrogen-bond acceptors (Lipinski definition) is 4. The van der Waals surface area contributed by atoms with E-state index in [-0.39, 0.29) is 12.1 Å². The third-order valence-corrected chi connectivity index (χ3v) is 1.15. The summed E-state index contributed by atoms with van der Waals surface area (Å²) in [6.07, 6.45) is -0.660. The van der Waals surface area contributed by atoms with Crippen LogP contribution < -0.4 is 5.32 Å². The molecule has 0 heterocycles. The molecule has 0 spiro atoms. The van der Waals surface area contributed by atoms with Gasteiger partial charge in [0.25, 0.3) is 0 Å². The van der Waals surface area contributed by atoms with E-state index in [4.69, 9.17) is 5.11 Å². The van der Waals surface area contributed by atoms with Crippen LogP contribution in [0, 0.1) is 4.91 Å². The van der Waals surface area contributed by atoms with Gasteiger partial charge in [0.2, 0.25) is 0 Å². The number of aliphatic hydroxyl groups excluding tert-OH is 1. The molecule has 0 radical (unpaired) electrons. The summed E-state index contributed by atoms with van der Waals surface area (Å²) in [5.74, 6) is 0. The second kappa shape index (κ2) is 4.41. The van der Waals surface area contributed by atoms with Gasteiger partial charge in [-0.15, -0.1) is 0 Å². The van der Waals surface area contributed by atoms with Crippen molar-refractivity contribution in [2.75, 3.05) is 13.1 Å². The SMILES string of the molecule is CC(C)(C)NCC(O)CN=O. The lowest BCUT2D eigenvalue weighted by Crippen LogP contribution is -2.41. The van der Waals surface area contributed by atoms with Gasteiger partial charge >= 0.3 is 0 Å². The zero-order chi connectivity index (χ0) is 8.91. The lowest BCUT2D eigenvalue weighted by molar-refractivity contribution is 0.168. The quantitative estimate of drug-likeness (QED) is 0.589. The van der Waals surface area contributed by atoms with Crippen LogP contribution in [0.5, 0.6) is 0 Å². The van der Waals surface area contributed by atoms with Crippen molar-refractivity contribution in [1.29, 1.82) is 0 Å². The molecule has 0 bridgehead atoms. The summed E-state index contributed by atoms with van der Waals surface area (Å²) in [5.41, 5.74) is -0.0239.